The minimum Gasteiger partial charge on any atom is -0.505 e. The van der Waals surface area contributed by atoms with Crippen LogP contribution in [0.5, 0.6) is 5.75 Å². The van der Waals surface area contributed by atoms with Gasteiger partial charge in [0.15, 0.2) is 5.75 Å². The molecule has 0 saturated carbocycles. The van der Waals surface area contributed by atoms with Crippen LogP contribution in [0.3, 0.4) is 0 Å². The molecule has 5 N–H and O–H groups in total. The molecule has 0 aliphatic rings. The van der Waals surface area contributed by atoms with Gasteiger partial charge in [-0.1, -0.05) is 0 Å². The van der Waals surface area contributed by atoms with E-state index >= 15 is 0 Å². The first-order valence-corrected chi connectivity index (χ1v) is 9.58. The lowest BCUT2D eigenvalue weighted by atomic mass is 10.1. The Labute approximate surface area is 168 Å². The number of nitrogens with one attached hydrogen (secondary N) is 2. The average Bonchev–Trinajstić information content (AvgIpc) is 3.14. The summed E-state index contributed by atoms with van der Waals surface area (Å²) in [5.41, 5.74) is -0.106. The number of ketones is 1. The molecule has 3 aromatic rings. The predicted molar refractivity (Wildman–Crippen MR) is 102 cm³/mol. The maximum atomic E-state index is 11.8. The molecule has 2 aromatic carbocycles. The molecule has 0 fully saturated rings. The number of nitrogens with zero attached hydrogens (tertiary/aromatic N) is 4. The monoisotopic (exact) mass is 434 g/mol. The van der Waals surface area contributed by atoms with Crippen LogP contribution in [-0.4, -0.2) is 56.7 Å². The summed E-state index contributed by atoms with van der Waals surface area (Å²) in [6, 6.07) is 5.54. The molecule has 0 bridgehead atoms. The molecule has 1 aromatic heterocycles. The molecule has 30 heavy (non-hydrogen) atoms. The van der Waals surface area contributed by atoms with Gasteiger partial charge in [0, 0.05) is 11.1 Å². The van der Waals surface area contributed by atoms with Gasteiger partial charge in [0.05, 0.1) is 6.54 Å². The lowest BCUT2D eigenvalue weighted by Gasteiger charge is -2.10. The number of rotatable bonds is 7. The van der Waals surface area contributed by atoms with Gasteiger partial charge in [0.1, 0.15) is 16.4 Å². The highest BCUT2D eigenvalue weighted by Gasteiger charge is 2.22. The topological polar surface area (TPSA) is 207 Å². The van der Waals surface area contributed by atoms with Crippen molar-refractivity contribution in [3.8, 4) is 5.75 Å². The smallest absolute Gasteiger partial charge is 0.373 e. The van der Waals surface area contributed by atoms with Crippen LogP contribution in [-0.2, 0) is 14.9 Å². The number of carboxylic acids is 1. The van der Waals surface area contributed by atoms with Crippen molar-refractivity contribution in [1.82, 2.24) is 15.2 Å². The molecule has 13 nitrogen and oxygen atoms in total. The quantitative estimate of drug-likeness (QED) is 0.270. The van der Waals surface area contributed by atoms with Crippen LogP contribution in [0.15, 0.2) is 39.4 Å². The summed E-state index contributed by atoms with van der Waals surface area (Å²) in [7, 11) is -4.83. The number of H-pyrrole nitrogens is 1. The molecule has 0 atom stereocenters. The maximum absolute atomic E-state index is 11.8. The van der Waals surface area contributed by atoms with E-state index in [4.69, 9.17) is 5.11 Å². The number of fused-ring (bicyclic) bond motifs is 1. The second-order valence-electron chi connectivity index (χ2n) is 6.03. The maximum Gasteiger partial charge on any atom is 0.373 e. The summed E-state index contributed by atoms with van der Waals surface area (Å²) < 4.78 is 33.2. The van der Waals surface area contributed by atoms with Crippen molar-refractivity contribution in [2.24, 2.45) is 10.2 Å². The summed E-state index contributed by atoms with van der Waals surface area (Å²) in [4.78, 5) is 24.7. The average molecular weight is 434 g/mol. The fourth-order valence-corrected chi connectivity index (χ4v) is 3.13. The summed E-state index contributed by atoms with van der Waals surface area (Å²) in [6.45, 7) is 1.44. The van der Waals surface area contributed by atoms with E-state index in [-0.39, 0.29) is 23.1 Å². The van der Waals surface area contributed by atoms with E-state index in [9.17, 15) is 27.7 Å². The number of Topliss-reactive ketones (excluding diaryl/α,β-unsaturated/α-hetero) is 1. The molecule has 156 valence electrons. The molecule has 0 spiro atoms. The number of phenols is 1. The van der Waals surface area contributed by atoms with Crippen molar-refractivity contribution >= 4 is 50.0 Å². The predicted octanol–water partition coefficient (Wildman–Crippen LogP) is 2.02. The van der Waals surface area contributed by atoms with Crippen molar-refractivity contribution in [2.75, 3.05) is 11.9 Å². The van der Waals surface area contributed by atoms with Crippen molar-refractivity contribution in [1.29, 1.82) is 0 Å². The minimum absolute atomic E-state index is 0.0456. The fourth-order valence-electron chi connectivity index (χ4n) is 2.47. The van der Waals surface area contributed by atoms with Gasteiger partial charge in [-0.2, -0.15) is 13.4 Å². The first-order valence-electron chi connectivity index (χ1n) is 8.14. The summed E-state index contributed by atoms with van der Waals surface area (Å²) in [5, 5.41) is 35.2. The van der Waals surface area contributed by atoms with E-state index in [2.05, 4.69) is 30.7 Å². The Hall–Kier alpha value is -3.91. The minimum atomic E-state index is -4.83. The number of aromatic carboxylic acids is 1. The van der Waals surface area contributed by atoms with Gasteiger partial charge >= 0.3 is 5.97 Å². The summed E-state index contributed by atoms with van der Waals surface area (Å²) >= 11 is 0. The Morgan fingerprint density at radius 1 is 1.23 bits per heavy atom. The lowest BCUT2D eigenvalue weighted by Crippen LogP contribution is -2.09. The molecular formula is C16H14N6O7S. The number of carbonyl (C=O) groups excluding carboxylic acids is 1. The highest BCUT2D eigenvalue weighted by atomic mass is 32.2. The van der Waals surface area contributed by atoms with Gasteiger partial charge in [-0.25, -0.2) is 4.79 Å². The van der Waals surface area contributed by atoms with Crippen LogP contribution in [0.25, 0.3) is 10.8 Å². The normalized spacial score (nSPS) is 11.8. The van der Waals surface area contributed by atoms with Crippen LogP contribution in [0.2, 0.25) is 0 Å². The third-order valence-electron chi connectivity index (χ3n) is 3.79. The Kier molecular flexibility index (Phi) is 5.44. The molecule has 0 radical (unpaired) electrons. The number of aromatic hydroxyl groups is 1. The molecule has 0 unspecified atom stereocenters. The van der Waals surface area contributed by atoms with Gasteiger partial charge in [0.2, 0.25) is 5.82 Å². The van der Waals surface area contributed by atoms with Crippen LogP contribution in [0, 0.1) is 0 Å². The standard InChI is InChI=1S/C16H14N6O7S/c1-7(23)6-17-9-2-3-10-8(4-9)5-11(30(27,28)29)12(13(10)24)19-21-16-18-14(15(25)26)20-22-16/h2-5,17,24H,6H2,1H3,(H,25,26)(H,18,20,22)(H,27,28,29). The van der Waals surface area contributed by atoms with Gasteiger partial charge < -0.3 is 15.5 Å². The zero-order valence-corrected chi connectivity index (χ0v) is 16.0. The van der Waals surface area contributed by atoms with Gasteiger partial charge in [-0.05, 0) is 36.6 Å². The van der Waals surface area contributed by atoms with E-state index in [0.717, 1.165) is 6.07 Å². The molecule has 14 heteroatoms. The molecule has 0 amide bonds. The Balaban J connectivity index is 2.11. The van der Waals surface area contributed by atoms with Crippen molar-refractivity contribution < 1.29 is 32.8 Å². The highest BCUT2D eigenvalue weighted by Crippen LogP contribution is 2.41. The fraction of sp³-hybridized carbons (Fsp3) is 0.125. The number of hydrogen-bond donors (Lipinski definition) is 5. The first-order chi connectivity index (χ1) is 14.1. The number of benzene rings is 2. The van der Waals surface area contributed by atoms with Crippen molar-refractivity contribution in [3.63, 3.8) is 0 Å². The molecule has 0 saturated heterocycles. The SMILES string of the molecule is CC(=O)CNc1ccc2c(O)c(N=Nc3n[nH]c(C(=O)O)n3)c(S(=O)(=O)O)cc2c1. The Morgan fingerprint density at radius 3 is 2.57 bits per heavy atom. The second-order valence-corrected chi connectivity index (χ2v) is 7.42. The van der Waals surface area contributed by atoms with Gasteiger partial charge in [-0.15, -0.1) is 15.3 Å². The number of hydrogen-bond acceptors (Lipinski definition) is 10. The molecule has 0 aliphatic heterocycles. The molecule has 1 heterocycles. The first kappa shape index (κ1) is 20.8. The van der Waals surface area contributed by atoms with Crippen LogP contribution in [0.1, 0.15) is 17.5 Å². The van der Waals surface area contributed by atoms with E-state index in [1.54, 1.807) is 6.07 Å². The lowest BCUT2D eigenvalue weighted by molar-refractivity contribution is -0.115. The Bertz CT molecular complexity index is 1300. The Morgan fingerprint density at radius 2 is 1.97 bits per heavy atom. The third kappa shape index (κ3) is 4.39. The van der Waals surface area contributed by atoms with Crippen molar-refractivity contribution in [2.45, 2.75) is 11.8 Å². The molecule has 3 rings (SSSR count). The number of carbonyl (C=O) groups is 2. The number of aromatic nitrogens is 3. The summed E-state index contributed by atoms with van der Waals surface area (Å²) in [5.74, 6) is -3.07. The van der Waals surface area contributed by atoms with E-state index in [1.165, 1.54) is 19.1 Å². The van der Waals surface area contributed by atoms with Crippen molar-refractivity contribution in [3.05, 3.63) is 30.1 Å². The zero-order chi connectivity index (χ0) is 22.1. The number of aromatic amines is 1. The molecular weight excluding hydrogens is 420 g/mol. The van der Waals surface area contributed by atoms with E-state index < -0.39 is 44.2 Å². The van der Waals surface area contributed by atoms with Crippen LogP contribution >= 0.6 is 0 Å². The second kappa shape index (κ2) is 7.84. The molecule has 0 aliphatic carbocycles. The van der Waals surface area contributed by atoms with Gasteiger partial charge in [0.25, 0.3) is 16.1 Å². The number of anilines is 1. The number of phenolic OH excluding ortho intramolecular Hbond substituents is 1. The zero-order valence-electron chi connectivity index (χ0n) is 15.2. The third-order valence-corrected chi connectivity index (χ3v) is 4.65. The van der Waals surface area contributed by atoms with Crippen LogP contribution in [0.4, 0.5) is 17.3 Å². The van der Waals surface area contributed by atoms with E-state index in [0.29, 0.717) is 5.69 Å². The number of azo groups is 1. The van der Waals surface area contributed by atoms with E-state index in [1.807, 2.05) is 0 Å². The summed E-state index contributed by atoms with van der Waals surface area (Å²) in [6.07, 6.45) is 0. The highest BCUT2D eigenvalue weighted by molar-refractivity contribution is 7.86. The number of carboxylic acid groups (broad SMARTS) is 1. The van der Waals surface area contributed by atoms with Gasteiger partial charge in [-0.3, -0.25) is 14.4 Å². The largest absolute Gasteiger partial charge is 0.505 e. The van der Waals surface area contributed by atoms with Crippen LogP contribution < -0.4 is 5.32 Å².